The number of hydrogen-bond acceptors (Lipinski definition) is 3. The summed E-state index contributed by atoms with van der Waals surface area (Å²) >= 11 is 0. The molecule has 2 rings (SSSR count). The van der Waals surface area contributed by atoms with Gasteiger partial charge >= 0.3 is 7.52 Å². The number of benzene rings is 1. The highest BCUT2D eigenvalue weighted by molar-refractivity contribution is 7.55. The molecular weight excluding hydrogens is 227 g/mol. The third kappa shape index (κ3) is 2.41. The fourth-order valence-corrected chi connectivity index (χ4v) is 2.11. The van der Waals surface area contributed by atoms with E-state index >= 15 is 0 Å². The van der Waals surface area contributed by atoms with Crippen LogP contribution in [0.15, 0.2) is 29.0 Å². The molecule has 0 radical (unpaired) electrons. The number of nitrogens with zero attached hydrogens (tertiary/aromatic N) is 2. The molecule has 0 saturated heterocycles. The van der Waals surface area contributed by atoms with Crippen LogP contribution in [0.2, 0.25) is 0 Å². The normalized spacial score (nSPS) is 21.2. The Morgan fingerprint density at radius 2 is 2.25 bits per heavy atom. The molecule has 1 aliphatic heterocycles. The average Bonchev–Trinajstić information content (AvgIpc) is 2.15. The van der Waals surface area contributed by atoms with E-state index in [4.69, 9.17) is 5.84 Å². The lowest BCUT2D eigenvalue weighted by Crippen LogP contribution is -2.42. The Bertz CT molecular complexity index is 482. The van der Waals surface area contributed by atoms with Crippen LogP contribution in [-0.4, -0.2) is 23.9 Å². The fraction of sp³-hybridized carbons (Fsp3) is 0.222. The minimum absolute atomic E-state index is 0.287. The quantitative estimate of drug-likeness (QED) is 0.503. The van der Waals surface area contributed by atoms with E-state index in [1.54, 1.807) is 0 Å². The molecule has 1 atom stereocenters. The van der Waals surface area contributed by atoms with Gasteiger partial charge < -0.3 is 15.2 Å². The van der Waals surface area contributed by atoms with Gasteiger partial charge in [-0.3, -0.25) is 4.57 Å². The number of fused-ring (bicyclic) bond motifs is 1. The Balaban J connectivity index is 2.35. The molecule has 0 spiro atoms. The first-order valence-corrected chi connectivity index (χ1v) is 6.79. The molecule has 6 nitrogen and oxygen atoms in total. The van der Waals surface area contributed by atoms with Crippen LogP contribution in [0.5, 0.6) is 0 Å². The van der Waals surface area contributed by atoms with Crippen LogP contribution in [0.4, 0.5) is 11.4 Å². The second-order valence-corrected chi connectivity index (χ2v) is 5.52. The molecule has 0 saturated carbocycles. The van der Waals surface area contributed by atoms with Gasteiger partial charge in [-0.05, 0) is 12.1 Å². The zero-order chi connectivity index (χ0) is 11.8. The highest BCUT2D eigenvalue weighted by atomic mass is 31.2. The van der Waals surface area contributed by atoms with E-state index in [2.05, 4.69) is 10.1 Å². The molecule has 0 fully saturated rings. The van der Waals surface area contributed by atoms with Crippen molar-refractivity contribution in [1.82, 2.24) is 0 Å². The summed E-state index contributed by atoms with van der Waals surface area (Å²) in [6.45, 7) is 1.47. The lowest BCUT2D eigenvalue weighted by molar-refractivity contribution is 0.487. The Hall–Kier alpha value is -1.36. The molecule has 4 N–H and O–H groups in total. The maximum absolute atomic E-state index is 11.2. The van der Waals surface area contributed by atoms with E-state index in [-0.39, 0.29) is 6.54 Å². The standard InChI is InChI=1S/C9H13N4O2P/c1-16(14,15)12-9-6-13(10)8-5-3-2-4-7(8)11-9/h2-5H,6,10H2,1H3,(H2,11,12,14,15). The number of amidine groups is 1. The highest BCUT2D eigenvalue weighted by Crippen LogP contribution is 2.38. The summed E-state index contributed by atoms with van der Waals surface area (Å²) in [4.78, 5) is 9.17. The monoisotopic (exact) mass is 240 g/mol. The fourth-order valence-electron chi connectivity index (χ4n) is 1.55. The molecule has 16 heavy (non-hydrogen) atoms. The summed E-state index contributed by atoms with van der Waals surface area (Å²) in [5, 5.41) is 4.47. The molecule has 0 aliphatic carbocycles. The van der Waals surface area contributed by atoms with E-state index in [1.165, 1.54) is 11.7 Å². The highest BCUT2D eigenvalue weighted by Gasteiger charge is 2.19. The van der Waals surface area contributed by atoms with Crippen LogP contribution in [0, 0.1) is 0 Å². The van der Waals surface area contributed by atoms with E-state index in [0.717, 1.165) is 11.4 Å². The minimum atomic E-state index is -3.43. The number of nitrogens with one attached hydrogen (secondary N) is 1. The maximum atomic E-state index is 11.2. The van der Waals surface area contributed by atoms with Crippen molar-refractivity contribution < 1.29 is 9.46 Å². The van der Waals surface area contributed by atoms with Gasteiger partial charge in [-0.2, -0.15) is 4.76 Å². The first kappa shape index (κ1) is 11.1. The molecule has 0 aromatic heterocycles. The lowest BCUT2D eigenvalue weighted by Gasteiger charge is -2.28. The Kier molecular flexibility index (Phi) is 2.71. The van der Waals surface area contributed by atoms with Gasteiger partial charge in [0, 0.05) is 6.66 Å². The number of para-hydroxylation sites is 2. The SMILES string of the molecule is CP(=O)(O)N=C1CN(N)c2ccccc2N1. The topological polar surface area (TPSA) is 91.0 Å². The number of rotatable bonds is 1. The largest absolute Gasteiger partial charge is 0.340 e. The van der Waals surface area contributed by atoms with Crippen LogP contribution in [-0.2, 0) is 4.57 Å². The van der Waals surface area contributed by atoms with Gasteiger partial charge in [-0.15, -0.1) is 0 Å². The van der Waals surface area contributed by atoms with Gasteiger partial charge in [0.15, 0.2) is 0 Å². The third-order valence-electron chi connectivity index (χ3n) is 2.12. The van der Waals surface area contributed by atoms with Crippen molar-refractivity contribution in [1.29, 1.82) is 0 Å². The number of nitrogens with two attached hydrogens (primary N) is 1. The van der Waals surface area contributed by atoms with Gasteiger partial charge in [-0.1, -0.05) is 12.1 Å². The minimum Gasteiger partial charge on any atom is -0.340 e. The number of hydrogen-bond donors (Lipinski definition) is 3. The van der Waals surface area contributed by atoms with E-state index < -0.39 is 7.52 Å². The number of anilines is 2. The molecule has 86 valence electrons. The van der Waals surface area contributed by atoms with Crippen molar-refractivity contribution in [2.75, 3.05) is 23.5 Å². The molecule has 0 amide bonds. The summed E-state index contributed by atoms with van der Waals surface area (Å²) in [6, 6.07) is 7.43. The van der Waals surface area contributed by atoms with E-state index in [9.17, 15) is 9.46 Å². The summed E-state index contributed by atoms with van der Waals surface area (Å²) in [7, 11) is -3.43. The van der Waals surface area contributed by atoms with E-state index in [1.807, 2.05) is 24.3 Å². The molecule has 1 aromatic carbocycles. The Labute approximate surface area is 93.3 Å². The molecular formula is C9H13N4O2P. The van der Waals surface area contributed by atoms with Gasteiger partial charge in [0.25, 0.3) is 0 Å². The molecule has 1 aliphatic rings. The van der Waals surface area contributed by atoms with Crippen LogP contribution >= 0.6 is 7.52 Å². The van der Waals surface area contributed by atoms with Crippen molar-refractivity contribution in [2.45, 2.75) is 0 Å². The summed E-state index contributed by atoms with van der Waals surface area (Å²) in [6.07, 6.45) is 0. The van der Waals surface area contributed by atoms with Gasteiger partial charge in [0.05, 0.1) is 17.9 Å². The number of hydrazine groups is 1. The maximum Gasteiger partial charge on any atom is 0.310 e. The van der Waals surface area contributed by atoms with Crippen molar-refractivity contribution in [3.63, 3.8) is 0 Å². The molecule has 7 heteroatoms. The summed E-state index contributed by atoms with van der Waals surface area (Å²) < 4.78 is 14.9. The van der Waals surface area contributed by atoms with Crippen molar-refractivity contribution in [3.05, 3.63) is 24.3 Å². The van der Waals surface area contributed by atoms with Crippen molar-refractivity contribution in [3.8, 4) is 0 Å². The average molecular weight is 240 g/mol. The Morgan fingerprint density at radius 1 is 1.56 bits per heavy atom. The van der Waals surface area contributed by atoms with Gasteiger partial charge in [0.2, 0.25) is 0 Å². The third-order valence-corrected chi connectivity index (χ3v) is 2.73. The second kappa shape index (κ2) is 3.90. The van der Waals surface area contributed by atoms with Gasteiger partial charge in [-0.25, -0.2) is 5.84 Å². The molecule has 1 aromatic rings. The predicted octanol–water partition coefficient (Wildman–Crippen LogP) is 1.01. The smallest absolute Gasteiger partial charge is 0.310 e. The van der Waals surface area contributed by atoms with Gasteiger partial charge in [0.1, 0.15) is 5.84 Å². The van der Waals surface area contributed by atoms with Crippen molar-refractivity contribution >= 4 is 24.7 Å². The predicted molar refractivity (Wildman–Crippen MR) is 64.8 cm³/mol. The molecule has 0 bridgehead atoms. The first-order valence-electron chi connectivity index (χ1n) is 4.73. The Morgan fingerprint density at radius 3 is 2.94 bits per heavy atom. The van der Waals surface area contributed by atoms with Crippen LogP contribution in [0.1, 0.15) is 0 Å². The lowest BCUT2D eigenvalue weighted by atomic mass is 10.2. The van der Waals surface area contributed by atoms with Crippen molar-refractivity contribution in [2.24, 2.45) is 10.6 Å². The molecule has 1 heterocycles. The molecule has 1 unspecified atom stereocenters. The second-order valence-electron chi connectivity index (χ2n) is 3.65. The van der Waals surface area contributed by atoms with E-state index in [0.29, 0.717) is 5.84 Å². The zero-order valence-corrected chi connectivity index (χ0v) is 9.69. The summed E-state index contributed by atoms with van der Waals surface area (Å²) in [5.41, 5.74) is 1.62. The van der Waals surface area contributed by atoms with Crippen LogP contribution in [0.3, 0.4) is 0 Å². The summed E-state index contributed by atoms with van der Waals surface area (Å²) in [5.74, 6) is 6.19. The van der Waals surface area contributed by atoms with Crippen LogP contribution in [0.25, 0.3) is 0 Å². The van der Waals surface area contributed by atoms with Crippen LogP contribution < -0.4 is 16.2 Å². The zero-order valence-electron chi connectivity index (χ0n) is 8.79. The first-order chi connectivity index (χ1) is 7.46.